The lowest BCUT2D eigenvalue weighted by molar-refractivity contribution is 0.156. The summed E-state index contributed by atoms with van der Waals surface area (Å²) < 4.78 is 26.6. The third-order valence-electron chi connectivity index (χ3n) is 3.39. The highest BCUT2D eigenvalue weighted by Crippen LogP contribution is 2.10. The maximum absolute atomic E-state index is 12.0. The van der Waals surface area contributed by atoms with Crippen molar-refractivity contribution < 1.29 is 8.42 Å². The lowest BCUT2D eigenvalue weighted by Crippen LogP contribution is -2.46. The molecular weight excluding hydrogens is 266 g/mol. The molecule has 108 valence electrons. The van der Waals surface area contributed by atoms with Gasteiger partial charge in [0.25, 0.3) is 0 Å². The van der Waals surface area contributed by atoms with Crippen molar-refractivity contribution in [3.63, 3.8) is 0 Å². The molecule has 1 fully saturated rings. The molecule has 8 heteroatoms. The van der Waals surface area contributed by atoms with Crippen molar-refractivity contribution >= 4 is 10.0 Å². The predicted molar refractivity (Wildman–Crippen MR) is 72.5 cm³/mol. The maximum Gasteiger partial charge on any atom is 0.243 e. The van der Waals surface area contributed by atoms with Crippen LogP contribution in [0.2, 0.25) is 0 Å². The summed E-state index contributed by atoms with van der Waals surface area (Å²) in [6.07, 6.45) is 1.34. The molecule has 19 heavy (non-hydrogen) atoms. The zero-order valence-corrected chi connectivity index (χ0v) is 12.2. The number of nitrogens with one attached hydrogen (secondary N) is 2. The lowest BCUT2D eigenvalue weighted by Gasteiger charge is -2.32. The Morgan fingerprint density at radius 3 is 2.63 bits per heavy atom. The van der Waals surface area contributed by atoms with Gasteiger partial charge in [0.2, 0.25) is 10.0 Å². The fraction of sp³-hybridized carbons (Fsp3) is 0.727. The predicted octanol–water partition coefficient (Wildman–Crippen LogP) is -0.756. The molecule has 2 heterocycles. The summed E-state index contributed by atoms with van der Waals surface area (Å²) in [4.78, 5) is 4.77. The van der Waals surface area contributed by atoms with Crippen molar-refractivity contribution in [2.45, 2.75) is 11.8 Å². The number of piperazine rings is 1. The Balaban J connectivity index is 1.81. The van der Waals surface area contributed by atoms with Gasteiger partial charge in [-0.3, -0.25) is 10.00 Å². The van der Waals surface area contributed by atoms with E-state index in [0.717, 1.165) is 32.7 Å². The molecule has 0 saturated carbocycles. The second-order valence-electron chi connectivity index (χ2n) is 4.90. The van der Waals surface area contributed by atoms with Crippen LogP contribution in [0.1, 0.15) is 5.69 Å². The molecule has 2 rings (SSSR count). The molecule has 0 aromatic carbocycles. The maximum atomic E-state index is 12.0. The summed E-state index contributed by atoms with van der Waals surface area (Å²) in [5.41, 5.74) is 0.562. The summed E-state index contributed by atoms with van der Waals surface area (Å²) in [6.45, 7) is 6.91. The van der Waals surface area contributed by atoms with Gasteiger partial charge in [-0.25, -0.2) is 13.1 Å². The molecule has 0 atom stereocenters. The van der Waals surface area contributed by atoms with Gasteiger partial charge in [-0.2, -0.15) is 5.10 Å². The zero-order valence-electron chi connectivity index (χ0n) is 11.4. The summed E-state index contributed by atoms with van der Waals surface area (Å²) in [6, 6.07) is 0. The number of aromatic nitrogens is 2. The topological polar surface area (TPSA) is 81.3 Å². The Bertz CT molecular complexity index is 505. The molecule has 1 aromatic rings. The number of H-pyrrole nitrogens is 1. The number of likely N-dealkylation sites (N-methyl/N-ethyl adjacent to an activating group) is 1. The molecule has 0 spiro atoms. The average molecular weight is 287 g/mol. The van der Waals surface area contributed by atoms with Gasteiger partial charge in [-0.1, -0.05) is 0 Å². The Morgan fingerprint density at radius 1 is 1.37 bits per heavy atom. The second-order valence-corrected chi connectivity index (χ2v) is 6.64. The first kappa shape index (κ1) is 14.4. The third kappa shape index (κ3) is 3.75. The third-order valence-corrected chi connectivity index (χ3v) is 4.96. The summed E-state index contributed by atoms with van der Waals surface area (Å²) >= 11 is 0. The molecule has 0 aliphatic carbocycles. The Morgan fingerprint density at radius 2 is 2.05 bits per heavy atom. The largest absolute Gasteiger partial charge is 0.304 e. The highest BCUT2D eigenvalue weighted by molar-refractivity contribution is 7.89. The highest BCUT2D eigenvalue weighted by Gasteiger charge is 2.19. The first-order valence-corrected chi connectivity index (χ1v) is 7.88. The minimum atomic E-state index is -3.44. The SMILES string of the molecule is Cc1[nH]ncc1S(=O)(=O)NCCN1CCN(C)CC1. The van der Waals surface area contributed by atoms with Crippen LogP contribution < -0.4 is 4.72 Å². The van der Waals surface area contributed by atoms with Crippen molar-refractivity contribution in [3.05, 3.63) is 11.9 Å². The zero-order chi connectivity index (χ0) is 13.9. The number of sulfonamides is 1. The van der Waals surface area contributed by atoms with Gasteiger partial charge in [0.15, 0.2) is 0 Å². The van der Waals surface area contributed by atoms with Crippen LogP contribution in [0.15, 0.2) is 11.1 Å². The van der Waals surface area contributed by atoms with E-state index in [1.807, 2.05) is 0 Å². The lowest BCUT2D eigenvalue weighted by atomic mass is 10.3. The molecule has 0 radical (unpaired) electrons. The molecule has 0 amide bonds. The second kappa shape index (κ2) is 6.00. The Hall–Kier alpha value is -0.960. The number of hydrogen-bond acceptors (Lipinski definition) is 5. The first-order valence-electron chi connectivity index (χ1n) is 6.39. The summed E-state index contributed by atoms with van der Waals surface area (Å²) in [7, 11) is -1.34. The van der Waals surface area contributed by atoms with E-state index in [9.17, 15) is 8.42 Å². The fourth-order valence-corrected chi connectivity index (χ4v) is 3.25. The van der Waals surface area contributed by atoms with Crippen LogP contribution in [0, 0.1) is 6.92 Å². The fourth-order valence-electron chi connectivity index (χ4n) is 2.10. The van der Waals surface area contributed by atoms with E-state index in [1.165, 1.54) is 6.20 Å². The molecule has 1 aliphatic heterocycles. The highest BCUT2D eigenvalue weighted by atomic mass is 32.2. The minimum absolute atomic E-state index is 0.228. The number of hydrogen-bond donors (Lipinski definition) is 2. The van der Waals surface area contributed by atoms with Crippen molar-refractivity contribution in [1.29, 1.82) is 0 Å². The minimum Gasteiger partial charge on any atom is -0.304 e. The van der Waals surface area contributed by atoms with Crippen LogP contribution in [0.25, 0.3) is 0 Å². The van der Waals surface area contributed by atoms with Gasteiger partial charge >= 0.3 is 0 Å². The van der Waals surface area contributed by atoms with E-state index < -0.39 is 10.0 Å². The van der Waals surface area contributed by atoms with E-state index >= 15 is 0 Å². The van der Waals surface area contributed by atoms with Crippen LogP contribution in [-0.2, 0) is 10.0 Å². The van der Waals surface area contributed by atoms with Crippen LogP contribution in [-0.4, -0.2) is 74.7 Å². The summed E-state index contributed by atoms with van der Waals surface area (Å²) in [5, 5.41) is 6.37. The van der Waals surface area contributed by atoms with Gasteiger partial charge in [-0.05, 0) is 14.0 Å². The molecule has 7 nitrogen and oxygen atoms in total. The van der Waals surface area contributed by atoms with Crippen LogP contribution >= 0.6 is 0 Å². The Kier molecular flexibility index (Phi) is 4.56. The molecular formula is C11H21N5O2S. The molecule has 1 aliphatic rings. The first-order chi connectivity index (χ1) is 8.99. The van der Waals surface area contributed by atoms with E-state index in [4.69, 9.17) is 0 Å². The van der Waals surface area contributed by atoms with Gasteiger partial charge in [0.05, 0.1) is 11.9 Å². The van der Waals surface area contributed by atoms with Crippen LogP contribution in [0.3, 0.4) is 0 Å². The smallest absolute Gasteiger partial charge is 0.243 e. The van der Waals surface area contributed by atoms with E-state index in [-0.39, 0.29) is 4.90 Å². The van der Waals surface area contributed by atoms with E-state index in [1.54, 1.807) is 6.92 Å². The van der Waals surface area contributed by atoms with Crippen molar-refractivity contribution in [2.24, 2.45) is 0 Å². The van der Waals surface area contributed by atoms with Gasteiger partial charge in [-0.15, -0.1) is 0 Å². The van der Waals surface area contributed by atoms with Crippen LogP contribution in [0.4, 0.5) is 0 Å². The number of rotatable bonds is 5. The monoisotopic (exact) mass is 287 g/mol. The molecule has 0 unspecified atom stereocenters. The van der Waals surface area contributed by atoms with E-state index in [2.05, 4.69) is 31.8 Å². The summed E-state index contributed by atoms with van der Waals surface area (Å²) in [5.74, 6) is 0. The van der Waals surface area contributed by atoms with Gasteiger partial charge < -0.3 is 4.90 Å². The average Bonchev–Trinajstić information content (AvgIpc) is 2.79. The molecule has 0 bridgehead atoms. The van der Waals surface area contributed by atoms with Gasteiger partial charge in [0.1, 0.15) is 4.90 Å². The van der Waals surface area contributed by atoms with Gasteiger partial charge in [0, 0.05) is 39.3 Å². The standard InChI is InChI=1S/C11H21N5O2S/c1-10-11(9-12-14-10)19(17,18)13-3-4-16-7-5-15(2)6-8-16/h9,13H,3-8H2,1-2H3,(H,12,14). The quantitative estimate of drug-likeness (QED) is 0.744. The number of nitrogens with zero attached hydrogens (tertiary/aromatic N) is 3. The van der Waals surface area contributed by atoms with Crippen LogP contribution in [0.5, 0.6) is 0 Å². The van der Waals surface area contributed by atoms with E-state index in [0.29, 0.717) is 12.2 Å². The molecule has 1 aromatic heterocycles. The number of aromatic amines is 1. The normalized spacial score (nSPS) is 18.8. The van der Waals surface area contributed by atoms with Crippen molar-refractivity contribution in [3.8, 4) is 0 Å². The molecule has 2 N–H and O–H groups in total. The van der Waals surface area contributed by atoms with Crippen molar-refractivity contribution in [2.75, 3.05) is 46.3 Å². The number of aryl methyl sites for hydroxylation is 1. The Labute approximate surface area is 114 Å². The van der Waals surface area contributed by atoms with Crippen molar-refractivity contribution in [1.82, 2.24) is 24.7 Å². The molecule has 1 saturated heterocycles.